The largest absolute Gasteiger partial charge is 0.454 e. The first-order valence-electron chi connectivity index (χ1n) is 9.58. The molecule has 1 aromatic rings. The summed E-state index contributed by atoms with van der Waals surface area (Å²) in [6.45, 7) is -0.897. The molecule has 3 fully saturated rings. The van der Waals surface area contributed by atoms with Crippen LogP contribution in [0, 0.1) is 35.5 Å². The van der Waals surface area contributed by atoms with Crippen LogP contribution in [0.25, 0.3) is 0 Å². The first kappa shape index (κ1) is 17.2. The Labute approximate surface area is 161 Å². The number of likely N-dealkylation sites (tertiary alicyclic amines) is 1. The van der Waals surface area contributed by atoms with Crippen molar-refractivity contribution in [2.45, 2.75) is 6.42 Å². The Morgan fingerprint density at radius 2 is 1.61 bits per heavy atom. The van der Waals surface area contributed by atoms with Crippen LogP contribution < -0.4 is 5.32 Å². The van der Waals surface area contributed by atoms with Gasteiger partial charge in [0.05, 0.1) is 11.8 Å². The van der Waals surface area contributed by atoms with Crippen molar-refractivity contribution in [3.8, 4) is 0 Å². The number of imide groups is 1. The van der Waals surface area contributed by atoms with Gasteiger partial charge < -0.3 is 10.1 Å². The average Bonchev–Trinajstić information content (AvgIpc) is 3.48. The van der Waals surface area contributed by atoms with Gasteiger partial charge in [0.15, 0.2) is 6.61 Å². The van der Waals surface area contributed by atoms with Crippen molar-refractivity contribution in [2.24, 2.45) is 35.5 Å². The van der Waals surface area contributed by atoms with Gasteiger partial charge in [0.25, 0.3) is 5.91 Å². The molecule has 4 aliphatic carbocycles. The molecule has 1 heterocycles. The molecule has 1 aromatic carbocycles. The number of para-hydroxylation sites is 1. The van der Waals surface area contributed by atoms with Crippen LogP contribution in [0.5, 0.6) is 0 Å². The second kappa shape index (κ2) is 6.29. The topological polar surface area (TPSA) is 92.8 Å². The van der Waals surface area contributed by atoms with Crippen LogP contribution in [0.15, 0.2) is 42.5 Å². The van der Waals surface area contributed by atoms with E-state index in [0.717, 1.165) is 11.3 Å². The smallest absolute Gasteiger partial charge is 0.326 e. The molecule has 7 nitrogen and oxygen atoms in total. The fraction of sp³-hybridized carbons (Fsp3) is 0.429. The van der Waals surface area contributed by atoms with E-state index in [9.17, 15) is 19.2 Å². The summed E-state index contributed by atoms with van der Waals surface area (Å²) in [7, 11) is 0. The highest BCUT2D eigenvalue weighted by molar-refractivity contribution is 6.08. The number of esters is 1. The first-order chi connectivity index (χ1) is 13.5. The van der Waals surface area contributed by atoms with Gasteiger partial charge in [-0.05, 0) is 42.2 Å². The lowest BCUT2D eigenvalue weighted by molar-refractivity contribution is -0.154. The molecule has 2 bridgehead atoms. The van der Waals surface area contributed by atoms with Crippen LogP contribution in [0.3, 0.4) is 0 Å². The zero-order valence-electron chi connectivity index (χ0n) is 15.1. The molecule has 7 heteroatoms. The standard InChI is InChI=1S/C21H20N2O5/c24-16(22-11-4-2-1-3-5-11)10-28-17(25)9-23-20(26)18-12-6-7-13(15-8-14(12)15)19(18)21(23)27/h1-7,12-15,18-19H,8-10H2,(H,22,24)/t12-,13-,14-,15-,18+,19+/m1/s1. The Balaban J connectivity index is 1.18. The number of allylic oxidation sites excluding steroid dienone is 2. The number of anilines is 1. The number of nitrogens with zero attached hydrogens (tertiary/aromatic N) is 1. The van der Waals surface area contributed by atoms with Crippen molar-refractivity contribution in [1.29, 1.82) is 0 Å². The highest BCUT2D eigenvalue weighted by Crippen LogP contribution is 2.65. The number of hydrogen-bond donors (Lipinski definition) is 1. The minimum Gasteiger partial charge on any atom is -0.454 e. The molecule has 1 N–H and O–H groups in total. The number of carbonyl (C=O) groups is 4. The number of amides is 3. The molecular weight excluding hydrogens is 360 g/mol. The van der Waals surface area contributed by atoms with Crippen molar-refractivity contribution in [1.82, 2.24) is 4.90 Å². The van der Waals surface area contributed by atoms with E-state index in [1.165, 1.54) is 0 Å². The van der Waals surface area contributed by atoms with E-state index >= 15 is 0 Å². The summed E-state index contributed by atoms with van der Waals surface area (Å²) in [6.07, 6.45) is 5.26. The maximum atomic E-state index is 12.8. The molecule has 0 radical (unpaired) electrons. The monoisotopic (exact) mass is 380 g/mol. The number of ether oxygens (including phenoxy) is 1. The van der Waals surface area contributed by atoms with Crippen molar-refractivity contribution < 1.29 is 23.9 Å². The van der Waals surface area contributed by atoms with Gasteiger partial charge in [0.2, 0.25) is 11.8 Å². The van der Waals surface area contributed by atoms with E-state index in [1.807, 2.05) is 6.07 Å². The van der Waals surface area contributed by atoms with Crippen molar-refractivity contribution >= 4 is 29.4 Å². The highest BCUT2D eigenvalue weighted by atomic mass is 16.5. The van der Waals surface area contributed by atoms with E-state index < -0.39 is 25.0 Å². The third kappa shape index (κ3) is 2.65. The van der Waals surface area contributed by atoms with E-state index in [0.29, 0.717) is 17.5 Å². The van der Waals surface area contributed by atoms with Crippen LogP contribution in [0.2, 0.25) is 0 Å². The zero-order valence-corrected chi connectivity index (χ0v) is 15.1. The third-order valence-electron chi connectivity index (χ3n) is 6.46. The van der Waals surface area contributed by atoms with Crippen LogP contribution in [-0.4, -0.2) is 41.7 Å². The third-order valence-corrected chi connectivity index (χ3v) is 6.46. The summed E-state index contributed by atoms with van der Waals surface area (Å²) >= 11 is 0. The molecule has 6 rings (SSSR count). The van der Waals surface area contributed by atoms with Crippen LogP contribution in [0.4, 0.5) is 5.69 Å². The predicted octanol–water partition coefficient (Wildman–Crippen LogP) is 1.22. The molecule has 0 spiro atoms. The van der Waals surface area contributed by atoms with E-state index in [2.05, 4.69) is 17.5 Å². The summed E-state index contributed by atoms with van der Waals surface area (Å²) in [5.74, 6) is -1.17. The second-order valence-corrected chi connectivity index (χ2v) is 7.99. The molecule has 0 unspecified atom stereocenters. The highest BCUT2D eigenvalue weighted by Gasteiger charge is 2.67. The maximum absolute atomic E-state index is 12.8. The van der Waals surface area contributed by atoms with Crippen molar-refractivity contribution in [2.75, 3.05) is 18.5 Å². The van der Waals surface area contributed by atoms with E-state index in [1.54, 1.807) is 24.3 Å². The Kier molecular flexibility index (Phi) is 3.86. The van der Waals surface area contributed by atoms with Gasteiger partial charge in [-0.25, -0.2) is 0 Å². The Morgan fingerprint density at radius 1 is 1.00 bits per heavy atom. The Bertz CT molecular complexity index is 859. The van der Waals surface area contributed by atoms with Crippen LogP contribution >= 0.6 is 0 Å². The van der Waals surface area contributed by atoms with Crippen molar-refractivity contribution in [3.63, 3.8) is 0 Å². The SMILES string of the molecule is O=C(COC(=O)CN1C(=O)[C@H]2[C@@H]3C=C[C@H]([C@H]4C[C@H]34)[C@@H]2C1=O)Nc1ccccc1. The van der Waals surface area contributed by atoms with Gasteiger partial charge in [-0.3, -0.25) is 24.1 Å². The Morgan fingerprint density at radius 3 is 2.21 bits per heavy atom. The number of rotatable bonds is 5. The summed E-state index contributed by atoms with van der Waals surface area (Å²) in [4.78, 5) is 50.7. The van der Waals surface area contributed by atoms with Crippen LogP contribution in [-0.2, 0) is 23.9 Å². The van der Waals surface area contributed by atoms with Gasteiger partial charge in [-0.1, -0.05) is 30.4 Å². The lowest BCUT2D eigenvalue weighted by Gasteiger charge is -2.37. The van der Waals surface area contributed by atoms with E-state index in [4.69, 9.17) is 4.74 Å². The van der Waals surface area contributed by atoms with Gasteiger partial charge in [-0.2, -0.15) is 0 Å². The van der Waals surface area contributed by atoms with Crippen LogP contribution in [0.1, 0.15) is 6.42 Å². The fourth-order valence-electron chi connectivity index (χ4n) is 5.21. The quantitative estimate of drug-likeness (QED) is 0.471. The minimum atomic E-state index is -0.756. The molecule has 5 aliphatic rings. The normalized spacial score (nSPS) is 34.1. The maximum Gasteiger partial charge on any atom is 0.326 e. The molecule has 1 aliphatic heterocycles. The molecule has 0 aromatic heterocycles. The predicted molar refractivity (Wildman–Crippen MR) is 97.4 cm³/mol. The number of nitrogens with one attached hydrogen (secondary N) is 1. The summed E-state index contributed by atoms with van der Waals surface area (Å²) in [5.41, 5.74) is 0.596. The van der Waals surface area contributed by atoms with Gasteiger partial charge in [-0.15, -0.1) is 0 Å². The number of carbonyl (C=O) groups excluding carboxylic acids is 4. The van der Waals surface area contributed by atoms with E-state index in [-0.39, 0.29) is 35.5 Å². The average molecular weight is 380 g/mol. The fourth-order valence-corrected chi connectivity index (χ4v) is 5.21. The molecule has 28 heavy (non-hydrogen) atoms. The molecular formula is C21H20N2O5. The number of hydrogen-bond acceptors (Lipinski definition) is 5. The molecule has 2 saturated carbocycles. The summed E-state index contributed by atoms with van der Waals surface area (Å²) in [5, 5.41) is 2.61. The summed E-state index contributed by atoms with van der Waals surface area (Å²) in [6, 6.07) is 8.81. The molecule has 3 amide bonds. The minimum absolute atomic E-state index is 0.120. The zero-order chi connectivity index (χ0) is 19.4. The molecule has 6 atom stereocenters. The second-order valence-electron chi connectivity index (χ2n) is 7.99. The van der Waals surface area contributed by atoms with Gasteiger partial charge >= 0.3 is 5.97 Å². The van der Waals surface area contributed by atoms with Gasteiger partial charge in [0.1, 0.15) is 6.54 Å². The van der Waals surface area contributed by atoms with Crippen molar-refractivity contribution in [3.05, 3.63) is 42.5 Å². The Hall–Kier alpha value is -2.96. The lowest BCUT2D eigenvalue weighted by atomic mass is 9.63. The van der Waals surface area contributed by atoms with Gasteiger partial charge in [0, 0.05) is 5.69 Å². The lowest BCUT2D eigenvalue weighted by Crippen LogP contribution is -2.40. The summed E-state index contributed by atoms with van der Waals surface area (Å²) < 4.78 is 4.97. The number of benzene rings is 1. The molecule has 144 valence electrons. The molecule has 1 saturated heterocycles. The first-order valence-corrected chi connectivity index (χ1v) is 9.58.